The Kier molecular flexibility index (Phi) is 3.70. The van der Waals surface area contributed by atoms with Gasteiger partial charge in [0.05, 0.1) is 12.1 Å². The minimum atomic E-state index is -0.239. The fourth-order valence-electron chi connectivity index (χ4n) is 2.25. The van der Waals surface area contributed by atoms with Crippen molar-refractivity contribution >= 4 is 43.3 Å². The Morgan fingerprint density at radius 3 is 2.84 bits per heavy atom. The molecule has 1 saturated heterocycles. The summed E-state index contributed by atoms with van der Waals surface area (Å²) in [5, 5.41) is 1.09. The number of carbonyl (C=O) groups is 1. The quantitative estimate of drug-likeness (QED) is 0.813. The van der Waals surface area contributed by atoms with Gasteiger partial charge in [0, 0.05) is 13.1 Å². The zero-order valence-electron chi connectivity index (χ0n) is 10.8. The van der Waals surface area contributed by atoms with Gasteiger partial charge in [0.25, 0.3) is 0 Å². The molecule has 0 bridgehead atoms. The van der Waals surface area contributed by atoms with Crippen LogP contribution in [0.25, 0.3) is 9.53 Å². The van der Waals surface area contributed by atoms with E-state index in [2.05, 4.69) is 9.88 Å². The molecule has 4 nitrogen and oxygen atoms in total. The molecule has 2 aromatic heterocycles. The second-order valence-electron chi connectivity index (χ2n) is 4.55. The van der Waals surface area contributed by atoms with Crippen LogP contribution in [-0.4, -0.2) is 30.6 Å². The number of thiophene rings is 1. The summed E-state index contributed by atoms with van der Waals surface area (Å²) in [7, 11) is 0. The molecule has 19 heavy (non-hydrogen) atoms. The van der Waals surface area contributed by atoms with Crippen molar-refractivity contribution in [2.45, 2.75) is 26.2 Å². The van der Waals surface area contributed by atoms with Crippen LogP contribution in [-0.2, 0) is 4.74 Å². The predicted octanol–water partition coefficient (Wildman–Crippen LogP) is 3.52. The summed E-state index contributed by atoms with van der Waals surface area (Å²) in [6, 6.07) is 1.85. The van der Waals surface area contributed by atoms with Gasteiger partial charge in [0.15, 0.2) is 5.13 Å². The Labute approximate surface area is 120 Å². The summed E-state index contributed by atoms with van der Waals surface area (Å²) in [6.45, 7) is 4.44. The van der Waals surface area contributed by atoms with Crippen LogP contribution >= 0.6 is 22.7 Å². The molecule has 0 aromatic carbocycles. The normalized spacial score (nSPS) is 15.9. The fraction of sp³-hybridized carbons (Fsp3) is 0.538. The van der Waals surface area contributed by atoms with Crippen LogP contribution in [0.3, 0.4) is 0 Å². The molecule has 102 valence electrons. The number of ether oxygens (including phenoxy) is 1. The molecule has 0 saturated carbocycles. The van der Waals surface area contributed by atoms with Crippen molar-refractivity contribution in [2.24, 2.45) is 0 Å². The van der Waals surface area contributed by atoms with E-state index in [0.717, 1.165) is 27.8 Å². The molecule has 0 spiro atoms. The second-order valence-corrected chi connectivity index (χ2v) is 6.84. The molecule has 0 atom stereocenters. The van der Waals surface area contributed by atoms with Crippen molar-refractivity contribution in [2.75, 3.05) is 24.6 Å². The van der Waals surface area contributed by atoms with Crippen LogP contribution in [0, 0.1) is 0 Å². The van der Waals surface area contributed by atoms with Gasteiger partial charge in [0.1, 0.15) is 8.89 Å². The Morgan fingerprint density at radius 2 is 2.16 bits per heavy atom. The zero-order chi connectivity index (χ0) is 13.2. The summed E-state index contributed by atoms with van der Waals surface area (Å²) in [6.07, 6.45) is 3.83. The topological polar surface area (TPSA) is 42.4 Å². The Balaban J connectivity index is 1.82. The largest absolute Gasteiger partial charge is 0.462 e. The molecule has 6 heteroatoms. The fourth-order valence-corrected chi connectivity index (χ4v) is 4.46. The summed E-state index contributed by atoms with van der Waals surface area (Å²) in [5.41, 5.74) is 0.929. The number of hydrogen-bond donors (Lipinski definition) is 0. The second kappa shape index (κ2) is 5.46. The van der Waals surface area contributed by atoms with Gasteiger partial charge in [-0.05, 0) is 32.3 Å². The standard InChI is InChI=1S/C13H16N2O2S2/c1-2-17-11(16)10-8-9-12(18-10)19-13(14-9)15-6-4-3-5-7-15/h8H,2-7H2,1H3. The lowest BCUT2D eigenvalue weighted by Gasteiger charge is -2.25. The lowest BCUT2D eigenvalue weighted by molar-refractivity contribution is 0.0532. The molecule has 0 N–H and O–H groups in total. The summed E-state index contributed by atoms with van der Waals surface area (Å²) >= 11 is 3.17. The third kappa shape index (κ3) is 2.60. The number of nitrogens with zero attached hydrogens (tertiary/aromatic N) is 2. The van der Waals surface area contributed by atoms with Crippen LogP contribution in [0.2, 0.25) is 0 Å². The van der Waals surface area contributed by atoms with E-state index in [1.165, 1.54) is 30.6 Å². The first-order valence-corrected chi connectivity index (χ1v) is 8.23. The number of carbonyl (C=O) groups excluding carboxylic acids is 1. The molecule has 0 radical (unpaired) electrons. The number of aromatic nitrogens is 1. The van der Waals surface area contributed by atoms with Gasteiger partial charge in [-0.1, -0.05) is 11.3 Å². The monoisotopic (exact) mass is 296 g/mol. The van der Waals surface area contributed by atoms with E-state index in [4.69, 9.17) is 4.74 Å². The van der Waals surface area contributed by atoms with Gasteiger partial charge in [-0.3, -0.25) is 0 Å². The Hall–Kier alpha value is -1.14. The van der Waals surface area contributed by atoms with Crippen molar-refractivity contribution in [1.82, 2.24) is 4.98 Å². The maximum absolute atomic E-state index is 11.7. The van der Waals surface area contributed by atoms with E-state index in [0.29, 0.717) is 11.5 Å². The zero-order valence-corrected chi connectivity index (χ0v) is 12.5. The molecule has 0 aliphatic carbocycles. The molecule has 1 aliphatic rings. The van der Waals surface area contributed by atoms with Crippen LogP contribution in [0.5, 0.6) is 0 Å². The lowest BCUT2D eigenvalue weighted by atomic mass is 10.1. The average Bonchev–Trinajstić information content (AvgIpc) is 2.98. The first-order valence-electron chi connectivity index (χ1n) is 6.60. The number of rotatable bonds is 3. The van der Waals surface area contributed by atoms with E-state index >= 15 is 0 Å². The van der Waals surface area contributed by atoms with Gasteiger partial charge >= 0.3 is 5.97 Å². The maximum atomic E-state index is 11.7. The molecular formula is C13H16N2O2S2. The van der Waals surface area contributed by atoms with E-state index in [1.54, 1.807) is 11.3 Å². The maximum Gasteiger partial charge on any atom is 0.348 e. The van der Waals surface area contributed by atoms with Gasteiger partial charge < -0.3 is 9.64 Å². The SMILES string of the molecule is CCOC(=O)c1cc2nc(N3CCCCC3)sc2s1. The van der Waals surface area contributed by atoms with E-state index < -0.39 is 0 Å². The first-order chi connectivity index (χ1) is 9.28. The minimum Gasteiger partial charge on any atom is -0.462 e. The lowest BCUT2D eigenvalue weighted by Crippen LogP contribution is -2.29. The number of hydrogen-bond acceptors (Lipinski definition) is 6. The number of anilines is 1. The molecular weight excluding hydrogens is 280 g/mol. The van der Waals surface area contributed by atoms with Crippen LogP contribution in [0.1, 0.15) is 35.9 Å². The Morgan fingerprint density at radius 1 is 1.37 bits per heavy atom. The average molecular weight is 296 g/mol. The van der Waals surface area contributed by atoms with Crippen LogP contribution in [0.4, 0.5) is 5.13 Å². The van der Waals surface area contributed by atoms with Crippen molar-refractivity contribution < 1.29 is 9.53 Å². The third-order valence-electron chi connectivity index (χ3n) is 3.18. The number of fused-ring (bicyclic) bond motifs is 1. The highest BCUT2D eigenvalue weighted by Crippen LogP contribution is 2.36. The highest BCUT2D eigenvalue weighted by molar-refractivity contribution is 7.40. The van der Waals surface area contributed by atoms with Crippen molar-refractivity contribution in [3.63, 3.8) is 0 Å². The predicted molar refractivity (Wildman–Crippen MR) is 79.5 cm³/mol. The van der Waals surface area contributed by atoms with Crippen molar-refractivity contribution in [1.29, 1.82) is 0 Å². The molecule has 1 fully saturated rings. The molecule has 2 aromatic rings. The highest BCUT2D eigenvalue weighted by Gasteiger charge is 2.18. The molecule has 3 heterocycles. The molecule has 1 aliphatic heterocycles. The molecule has 0 unspecified atom stereocenters. The number of piperidine rings is 1. The molecule has 0 amide bonds. The smallest absolute Gasteiger partial charge is 0.348 e. The van der Waals surface area contributed by atoms with Gasteiger partial charge in [0.2, 0.25) is 0 Å². The third-order valence-corrected chi connectivity index (χ3v) is 5.51. The van der Waals surface area contributed by atoms with E-state index in [9.17, 15) is 4.79 Å². The Bertz CT molecular complexity index is 553. The summed E-state index contributed by atoms with van der Waals surface area (Å²) in [4.78, 5) is 19.3. The summed E-state index contributed by atoms with van der Waals surface area (Å²) in [5.74, 6) is -0.239. The van der Waals surface area contributed by atoms with Gasteiger partial charge in [-0.2, -0.15) is 0 Å². The van der Waals surface area contributed by atoms with E-state index in [1.807, 2.05) is 13.0 Å². The minimum absolute atomic E-state index is 0.239. The van der Waals surface area contributed by atoms with Crippen LogP contribution in [0.15, 0.2) is 6.07 Å². The summed E-state index contributed by atoms with van der Waals surface area (Å²) < 4.78 is 6.13. The van der Waals surface area contributed by atoms with Gasteiger partial charge in [-0.15, -0.1) is 11.3 Å². The molecule has 3 rings (SSSR count). The first kappa shape index (κ1) is 12.9. The van der Waals surface area contributed by atoms with Crippen molar-refractivity contribution in [3.05, 3.63) is 10.9 Å². The number of esters is 1. The highest BCUT2D eigenvalue weighted by atomic mass is 32.2. The number of thiazole rings is 1. The van der Waals surface area contributed by atoms with E-state index in [-0.39, 0.29) is 5.97 Å². The van der Waals surface area contributed by atoms with Gasteiger partial charge in [-0.25, -0.2) is 9.78 Å². The van der Waals surface area contributed by atoms with Crippen LogP contribution < -0.4 is 4.90 Å². The van der Waals surface area contributed by atoms with Crippen molar-refractivity contribution in [3.8, 4) is 0 Å².